The van der Waals surface area contributed by atoms with Gasteiger partial charge in [-0.2, -0.15) is 5.10 Å². The van der Waals surface area contributed by atoms with Crippen LogP contribution in [0.4, 0.5) is 26.0 Å². The van der Waals surface area contributed by atoms with Gasteiger partial charge in [0.1, 0.15) is 18.7 Å². The highest BCUT2D eigenvalue weighted by Crippen LogP contribution is 2.36. The summed E-state index contributed by atoms with van der Waals surface area (Å²) < 4.78 is 55.7. The van der Waals surface area contributed by atoms with Crippen molar-refractivity contribution in [3.63, 3.8) is 0 Å². The molecule has 242 valence electrons. The Hall–Kier alpha value is -4.21. The Morgan fingerprint density at radius 1 is 1.11 bits per heavy atom. The van der Waals surface area contributed by atoms with Gasteiger partial charge in [0, 0.05) is 30.7 Å². The minimum Gasteiger partial charge on any atom is -0.493 e. The van der Waals surface area contributed by atoms with Crippen molar-refractivity contribution >= 4 is 41.8 Å². The summed E-state index contributed by atoms with van der Waals surface area (Å²) in [7, 11) is -2.99. The van der Waals surface area contributed by atoms with Gasteiger partial charge in [0.15, 0.2) is 23.1 Å². The summed E-state index contributed by atoms with van der Waals surface area (Å²) >= 11 is 0. The van der Waals surface area contributed by atoms with Crippen molar-refractivity contribution in [3.8, 4) is 11.5 Å². The quantitative estimate of drug-likeness (QED) is 0.0955. The number of methoxy groups -OCH3 is 1. The Kier molecular flexibility index (Phi) is 11.7. The van der Waals surface area contributed by atoms with Gasteiger partial charge >= 0.3 is 7.82 Å². The maximum atomic E-state index is 13.9. The van der Waals surface area contributed by atoms with Crippen LogP contribution in [0.1, 0.15) is 19.8 Å². The summed E-state index contributed by atoms with van der Waals surface area (Å²) in [5.41, 5.74) is 0.830. The third-order valence-corrected chi connectivity index (χ3v) is 6.95. The molecule has 4 aromatic rings. The Morgan fingerprint density at radius 2 is 1.93 bits per heavy atom. The van der Waals surface area contributed by atoms with E-state index in [1.807, 2.05) is 11.8 Å². The molecule has 17 heteroatoms. The number of phosphoric acid groups is 1. The molecule has 2 heterocycles. The Morgan fingerprint density at radius 3 is 2.69 bits per heavy atom. The highest BCUT2D eigenvalue weighted by Gasteiger charge is 2.16. The first kappa shape index (κ1) is 33.7. The summed E-state index contributed by atoms with van der Waals surface area (Å²) in [5, 5.41) is 10.3. The number of carbonyl (C=O) groups is 1. The van der Waals surface area contributed by atoms with E-state index < -0.39 is 25.4 Å². The molecule has 0 spiro atoms. The fraction of sp³-hybridized carbons (Fsp3) is 0.357. The molecular formula is C28H34F2N7O7P. The van der Waals surface area contributed by atoms with Crippen LogP contribution >= 0.6 is 7.82 Å². The number of anilines is 3. The van der Waals surface area contributed by atoms with Gasteiger partial charge in [-0.1, -0.05) is 13.0 Å². The number of hydrogen-bond donors (Lipinski definition) is 4. The van der Waals surface area contributed by atoms with E-state index in [-0.39, 0.29) is 18.8 Å². The number of halogens is 2. The number of hydrogen-bond acceptors (Lipinski definition) is 10. The molecule has 14 nitrogen and oxygen atoms in total. The standard InChI is InChI=1S/C28H34F2N7O7P/c1-3-8-36(10-12-44-45(39,40)41)9-5-11-43-25-14-23-20(13-24(25)42-2)28(32-18-31-23)34-19-15-33-37(16-19)17-26(38)35-22-7-4-6-21(29)27(22)30/h4,6-7,13-16,18H,3,5,8-12,17H2,1-2H3,(H,35,38)(H,31,32,34)(H2,39,40,41). The molecule has 4 rings (SSSR count). The molecule has 0 aliphatic carbocycles. The van der Waals surface area contributed by atoms with Crippen LogP contribution in [-0.4, -0.2) is 80.3 Å². The normalized spacial score (nSPS) is 11.6. The summed E-state index contributed by atoms with van der Waals surface area (Å²) in [6, 6.07) is 6.98. The van der Waals surface area contributed by atoms with E-state index in [2.05, 4.69) is 30.2 Å². The fourth-order valence-electron chi connectivity index (χ4n) is 4.44. The van der Waals surface area contributed by atoms with Crippen LogP contribution in [-0.2, 0) is 20.4 Å². The number of carbonyl (C=O) groups excluding carboxylic acids is 1. The summed E-state index contributed by atoms with van der Waals surface area (Å²) in [4.78, 5) is 40.9. The number of rotatable bonds is 17. The van der Waals surface area contributed by atoms with E-state index >= 15 is 0 Å². The molecule has 4 N–H and O–H groups in total. The second kappa shape index (κ2) is 15.7. The van der Waals surface area contributed by atoms with Gasteiger partial charge in [-0.3, -0.25) is 14.0 Å². The van der Waals surface area contributed by atoms with E-state index in [0.717, 1.165) is 19.0 Å². The van der Waals surface area contributed by atoms with Gasteiger partial charge in [0.25, 0.3) is 0 Å². The molecule has 0 aliphatic rings. The van der Waals surface area contributed by atoms with Crippen molar-refractivity contribution in [3.05, 3.63) is 60.7 Å². The van der Waals surface area contributed by atoms with Crippen LogP contribution in [0, 0.1) is 11.6 Å². The van der Waals surface area contributed by atoms with Gasteiger partial charge in [-0.25, -0.2) is 23.3 Å². The zero-order chi connectivity index (χ0) is 32.4. The minimum atomic E-state index is -4.50. The monoisotopic (exact) mass is 649 g/mol. The molecule has 0 fully saturated rings. The molecule has 0 saturated heterocycles. The molecule has 1 amide bonds. The number of ether oxygens (including phenoxy) is 2. The van der Waals surface area contributed by atoms with Crippen LogP contribution in [0.15, 0.2) is 49.1 Å². The van der Waals surface area contributed by atoms with E-state index in [0.29, 0.717) is 60.0 Å². The van der Waals surface area contributed by atoms with E-state index in [4.69, 9.17) is 19.3 Å². The molecule has 0 radical (unpaired) electrons. The van der Waals surface area contributed by atoms with Crippen molar-refractivity contribution in [1.82, 2.24) is 24.6 Å². The highest BCUT2D eigenvalue weighted by molar-refractivity contribution is 7.46. The SMILES string of the molecule is CCCN(CCCOc1cc2ncnc(Nc3cnn(CC(=O)Nc4cccc(F)c4F)c3)c2cc1OC)CCOP(=O)(O)O. The number of aromatic nitrogens is 4. The van der Waals surface area contributed by atoms with Crippen molar-refractivity contribution in [2.24, 2.45) is 0 Å². The molecule has 2 aromatic carbocycles. The second-order valence-electron chi connectivity index (χ2n) is 9.81. The summed E-state index contributed by atoms with van der Waals surface area (Å²) in [6.45, 7) is 3.83. The number of phosphoric ester groups is 1. The highest BCUT2D eigenvalue weighted by atomic mass is 31.2. The zero-order valence-corrected chi connectivity index (χ0v) is 25.5. The van der Waals surface area contributed by atoms with Crippen LogP contribution in [0.25, 0.3) is 10.9 Å². The average Bonchev–Trinajstić information content (AvgIpc) is 3.43. The first-order valence-electron chi connectivity index (χ1n) is 14.0. The third kappa shape index (κ3) is 9.89. The summed E-state index contributed by atoms with van der Waals surface area (Å²) in [5.74, 6) is -1.41. The lowest BCUT2D eigenvalue weighted by molar-refractivity contribution is -0.116. The lowest BCUT2D eigenvalue weighted by Crippen LogP contribution is -2.30. The number of nitrogens with one attached hydrogen (secondary N) is 2. The predicted octanol–water partition coefficient (Wildman–Crippen LogP) is 4.09. The van der Waals surface area contributed by atoms with Crippen molar-refractivity contribution in [1.29, 1.82) is 0 Å². The van der Waals surface area contributed by atoms with Crippen molar-refractivity contribution in [2.75, 3.05) is 50.6 Å². The lowest BCUT2D eigenvalue weighted by Gasteiger charge is -2.21. The van der Waals surface area contributed by atoms with Gasteiger partial charge < -0.3 is 34.8 Å². The first-order valence-corrected chi connectivity index (χ1v) is 15.5. The van der Waals surface area contributed by atoms with Gasteiger partial charge in [0.2, 0.25) is 5.91 Å². The van der Waals surface area contributed by atoms with Crippen LogP contribution in [0.5, 0.6) is 11.5 Å². The van der Waals surface area contributed by atoms with Crippen LogP contribution in [0.2, 0.25) is 0 Å². The largest absolute Gasteiger partial charge is 0.493 e. The predicted molar refractivity (Wildman–Crippen MR) is 161 cm³/mol. The molecule has 0 atom stereocenters. The second-order valence-corrected chi connectivity index (χ2v) is 11.1. The number of benzene rings is 2. The fourth-order valence-corrected chi connectivity index (χ4v) is 4.75. The first-order chi connectivity index (χ1) is 21.6. The number of amides is 1. The van der Waals surface area contributed by atoms with Gasteiger partial charge in [-0.15, -0.1) is 0 Å². The summed E-state index contributed by atoms with van der Waals surface area (Å²) in [6.07, 6.45) is 5.95. The maximum Gasteiger partial charge on any atom is 0.469 e. The van der Waals surface area contributed by atoms with Gasteiger partial charge in [-0.05, 0) is 37.6 Å². The molecule has 45 heavy (non-hydrogen) atoms. The van der Waals surface area contributed by atoms with Crippen LogP contribution in [0.3, 0.4) is 0 Å². The average molecular weight is 650 g/mol. The Labute approximate surface area is 257 Å². The van der Waals surface area contributed by atoms with E-state index in [1.165, 1.54) is 36.4 Å². The molecule has 2 aromatic heterocycles. The van der Waals surface area contributed by atoms with Crippen molar-refractivity contribution in [2.45, 2.75) is 26.3 Å². The molecule has 0 unspecified atom stereocenters. The Balaban J connectivity index is 1.36. The minimum absolute atomic E-state index is 0.0758. The smallest absolute Gasteiger partial charge is 0.469 e. The zero-order valence-electron chi connectivity index (χ0n) is 24.7. The third-order valence-electron chi connectivity index (χ3n) is 6.43. The molecule has 0 aliphatic heterocycles. The Bertz CT molecular complexity index is 1650. The lowest BCUT2D eigenvalue weighted by atomic mass is 10.2. The molecular weight excluding hydrogens is 615 g/mol. The van der Waals surface area contributed by atoms with Gasteiger partial charge in [0.05, 0.1) is 43.4 Å². The number of fused-ring (bicyclic) bond motifs is 1. The van der Waals surface area contributed by atoms with E-state index in [9.17, 15) is 18.1 Å². The molecule has 0 bridgehead atoms. The molecule has 0 saturated carbocycles. The maximum absolute atomic E-state index is 13.9. The topological polar surface area (TPSA) is 173 Å². The van der Waals surface area contributed by atoms with E-state index in [1.54, 1.807) is 18.3 Å². The van der Waals surface area contributed by atoms with Crippen molar-refractivity contribution < 1.29 is 41.9 Å². The number of nitrogens with zero attached hydrogens (tertiary/aromatic N) is 5. The van der Waals surface area contributed by atoms with Crippen LogP contribution < -0.4 is 20.1 Å².